The molecule has 1 unspecified atom stereocenters. The molecule has 1 aromatic heterocycles. The molecule has 1 heterocycles. The van der Waals surface area contributed by atoms with Crippen LogP contribution in [0.5, 0.6) is 0 Å². The Kier molecular flexibility index (Phi) is 4.68. The summed E-state index contributed by atoms with van der Waals surface area (Å²) in [6.07, 6.45) is -2.12. The van der Waals surface area contributed by atoms with Crippen LogP contribution in [-0.2, 0) is 9.53 Å². The minimum absolute atomic E-state index is 0.196. The number of carbonyl (C=O) groups is 3. The monoisotopic (exact) mass is 335 g/mol. The van der Waals surface area contributed by atoms with Gasteiger partial charge in [-0.1, -0.05) is 0 Å². The van der Waals surface area contributed by atoms with Crippen molar-refractivity contribution in [2.75, 3.05) is 5.32 Å². The van der Waals surface area contributed by atoms with Gasteiger partial charge < -0.3 is 21.5 Å². The Labute approximate surface area is 115 Å². The van der Waals surface area contributed by atoms with E-state index in [0.717, 1.165) is 11.3 Å². The van der Waals surface area contributed by atoms with Gasteiger partial charge in [0.05, 0.1) is 9.47 Å². The lowest BCUT2D eigenvalue weighted by atomic mass is 10.3. The molecule has 0 aliphatic heterocycles. The van der Waals surface area contributed by atoms with E-state index in [1.165, 1.54) is 13.0 Å². The lowest BCUT2D eigenvalue weighted by molar-refractivity contribution is -0.123. The Bertz CT molecular complexity index is 502. The number of rotatable bonds is 4. The van der Waals surface area contributed by atoms with E-state index in [-0.39, 0.29) is 10.6 Å². The smallest absolute Gasteiger partial charge is 0.405 e. The summed E-state index contributed by atoms with van der Waals surface area (Å²) in [4.78, 5) is 33.4. The van der Waals surface area contributed by atoms with E-state index in [9.17, 15) is 14.4 Å². The Morgan fingerprint density at radius 3 is 2.56 bits per heavy atom. The van der Waals surface area contributed by atoms with Gasteiger partial charge in [-0.2, -0.15) is 0 Å². The quantitative estimate of drug-likeness (QED) is 0.759. The highest BCUT2D eigenvalue weighted by Crippen LogP contribution is 2.31. The van der Waals surface area contributed by atoms with Gasteiger partial charge in [-0.3, -0.25) is 9.59 Å². The summed E-state index contributed by atoms with van der Waals surface area (Å²) < 4.78 is 5.13. The number of hydrogen-bond donors (Lipinski definition) is 3. The Balaban J connectivity index is 2.81. The van der Waals surface area contributed by atoms with Crippen molar-refractivity contribution >= 4 is 50.9 Å². The minimum Gasteiger partial charge on any atom is -0.437 e. The summed E-state index contributed by atoms with van der Waals surface area (Å²) in [7, 11) is 0. The van der Waals surface area contributed by atoms with Crippen molar-refractivity contribution in [2.45, 2.75) is 13.0 Å². The molecule has 98 valence electrons. The predicted molar refractivity (Wildman–Crippen MR) is 69.3 cm³/mol. The fourth-order valence-corrected chi connectivity index (χ4v) is 2.51. The Morgan fingerprint density at radius 2 is 2.06 bits per heavy atom. The highest BCUT2D eigenvalue weighted by molar-refractivity contribution is 9.11. The zero-order chi connectivity index (χ0) is 13.9. The number of hydrogen-bond acceptors (Lipinski definition) is 5. The van der Waals surface area contributed by atoms with Crippen LogP contribution in [0.2, 0.25) is 0 Å². The van der Waals surface area contributed by atoms with E-state index in [0.29, 0.717) is 3.79 Å². The number of anilines is 1. The second-order valence-electron chi connectivity index (χ2n) is 3.23. The average molecular weight is 336 g/mol. The Hall–Kier alpha value is -1.61. The van der Waals surface area contributed by atoms with Gasteiger partial charge in [0.1, 0.15) is 4.88 Å². The molecule has 9 heteroatoms. The molecule has 5 N–H and O–H groups in total. The first-order valence-corrected chi connectivity index (χ1v) is 6.28. The van der Waals surface area contributed by atoms with Crippen molar-refractivity contribution in [2.24, 2.45) is 11.5 Å². The third-order valence-corrected chi connectivity index (χ3v) is 3.50. The van der Waals surface area contributed by atoms with Crippen LogP contribution >= 0.6 is 27.3 Å². The molecule has 0 spiro atoms. The van der Waals surface area contributed by atoms with Crippen molar-refractivity contribution in [3.8, 4) is 0 Å². The van der Waals surface area contributed by atoms with E-state index in [2.05, 4.69) is 26.0 Å². The number of amides is 3. The molecule has 1 atom stereocenters. The number of nitrogens with two attached hydrogens (primary N) is 2. The molecule has 0 radical (unpaired) electrons. The molecular formula is C9H10BrN3O4S. The molecule has 0 aliphatic carbocycles. The lowest BCUT2D eigenvalue weighted by Crippen LogP contribution is -2.32. The number of halogens is 1. The summed E-state index contributed by atoms with van der Waals surface area (Å²) in [5, 5.41) is 2.43. The molecule has 18 heavy (non-hydrogen) atoms. The van der Waals surface area contributed by atoms with Crippen LogP contribution in [0.3, 0.4) is 0 Å². The molecule has 0 aliphatic rings. The zero-order valence-electron chi connectivity index (χ0n) is 9.23. The van der Waals surface area contributed by atoms with Crippen molar-refractivity contribution < 1.29 is 19.1 Å². The van der Waals surface area contributed by atoms with E-state index >= 15 is 0 Å². The second-order valence-corrected chi connectivity index (χ2v) is 5.66. The summed E-state index contributed by atoms with van der Waals surface area (Å²) in [5.41, 5.74) is 10.2. The van der Waals surface area contributed by atoms with Gasteiger partial charge in [0.25, 0.3) is 11.8 Å². The molecule has 1 aromatic rings. The first kappa shape index (κ1) is 14.5. The van der Waals surface area contributed by atoms with E-state index in [4.69, 9.17) is 11.5 Å². The van der Waals surface area contributed by atoms with Gasteiger partial charge in [0, 0.05) is 0 Å². The molecule has 0 aromatic carbocycles. The van der Waals surface area contributed by atoms with Gasteiger partial charge >= 0.3 is 6.09 Å². The van der Waals surface area contributed by atoms with Gasteiger partial charge in [-0.15, -0.1) is 11.3 Å². The van der Waals surface area contributed by atoms with Crippen LogP contribution in [0.15, 0.2) is 9.85 Å². The van der Waals surface area contributed by atoms with Crippen LogP contribution < -0.4 is 16.8 Å². The minimum atomic E-state index is -1.07. The van der Waals surface area contributed by atoms with Crippen LogP contribution in [0.4, 0.5) is 10.5 Å². The molecule has 0 fully saturated rings. The maximum Gasteiger partial charge on any atom is 0.405 e. The molecule has 0 saturated carbocycles. The summed E-state index contributed by atoms with van der Waals surface area (Å²) in [5.74, 6) is -1.27. The van der Waals surface area contributed by atoms with Crippen molar-refractivity contribution in [3.63, 3.8) is 0 Å². The SMILES string of the molecule is CC(OC(N)=O)C(=O)Nc1cc(Br)sc1C(N)=O. The number of primary amides is 2. The standard InChI is InChI=1S/C9H10BrN3O4S/c1-3(17-9(12)16)8(15)13-4-2-5(10)18-6(4)7(11)14/h2-3H,1H3,(H2,11,14)(H2,12,16)(H,13,15). The fourth-order valence-electron chi connectivity index (χ4n) is 1.10. The van der Waals surface area contributed by atoms with Crippen LogP contribution in [0.25, 0.3) is 0 Å². The topological polar surface area (TPSA) is 125 Å². The molecule has 7 nitrogen and oxygen atoms in total. The van der Waals surface area contributed by atoms with Crippen LogP contribution in [0, 0.1) is 0 Å². The molecule has 0 saturated heterocycles. The zero-order valence-corrected chi connectivity index (χ0v) is 11.6. The van der Waals surface area contributed by atoms with E-state index in [1.54, 1.807) is 0 Å². The number of carbonyl (C=O) groups excluding carboxylic acids is 3. The maximum absolute atomic E-state index is 11.6. The normalized spacial score (nSPS) is 11.7. The largest absolute Gasteiger partial charge is 0.437 e. The van der Waals surface area contributed by atoms with Crippen molar-refractivity contribution in [1.82, 2.24) is 0 Å². The van der Waals surface area contributed by atoms with Gasteiger partial charge in [0.15, 0.2) is 6.10 Å². The second kappa shape index (κ2) is 5.83. The van der Waals surface area contributed by atoms with Gasteiger partial charge in [-0.05, 0) is 28.9 Å². The summed E-state index contributed by atoms with van der Waals surface area (Å²) in [6.45, 7) is 1.35. The predicted octanol–water partition coefficient (Wildman–Crippen LogP) is 1.03. The molecular weight excluding hydrogens is 326 g/mol. The third kappa shape index (κ3) is 3.70. The number of thiophene rings is 1. The lowest BCUT2D eigenvalue weighted by Gasteiger charge is -2.11. The summed E-state index contributed by atoms with van der Waals surface area (Å²) in [6, 6.07) is 1.53. The summed E-state index contributed by atoms with van der Waals surface area (Å²) >= 11 is 4.26. The van der Waals surface area contributed by atoms with Gasteiger partial charge in [0.2, 0.25) is 0 Å². The highest BCUT2D eigenvalue weighted by atomic mass is 79.9. The third-order valence-electron chi connectivity index (χ3n) is 1.85. The fraction of sp³-hybridized carbons (Fsp3) is 0.222. The first-order chi connectivity index (χ1) is 8.31. The van der Waals surface area contributed by atoms with Crippen molar-refractivity contribution in [1.29, 1.82) is 0 Å². The first-order valence-electron chi connectivity index (χ1n) is 4.67. The number of ether oxygens (including phenoxy) is 1. The van der Waals surface area contributed by atoms with E-state index < -0.39 is 24.0 Å². The van der Waals surface area contributed by atoms with Crippen LogP contribution in [-0.4, -0.2) is 24.0 Å². The molecule has 3 amide bonds. The number of nitrogens with one attached hydrogen (secondary N) is 1. The maximum atomic E-state index is 11.6. The molecule has 1 rings (SSSR count). The highest BCUT2D eigenvalue weighted by Gasteiger charge is 2.20. The Morgan fingerprint density at radius 1 is 1.44 bits per heavy atom. The van der Waals surface area contributed by atoms with Gasteiger partial charge in [-0.25, -0.2) is 4.79 Å². The van der Waals surface area contributed by atoms with Crippen molar-refractivity contribution in [3.05, 3.63) is 14.7 Å². The average Bonchev–Trinajstić information content (AvgIpc) is 2.58. The van der Waals surface area contributed by atoms with Crippen LogP contribution in [0.1, 0.15) is 16.6 Å². The molecule has 0 bridgehead atoms. The van der Waals surface area contributed by atoms with E-state index in [1.807, 2.05) is 0 Å².